The second-order valence-corrected chi connectivity index (χ2v) is 7.26. The molecule has 2 aliphatic rings. The summed E-state index contributed by atoms with van der Waals surface area (Å²) >= 11 is 0. The highest BCUT2D eigenvalue weighted by molar-refractivity contribution is 5.85. The van der Waals surface area contributed by atoms with Crippen molar-refractivity contribution in [3.63, 3.8) is 0 Å². The Morgan fingerprint density at radius 1 is 1.25 bits per heavy atom. The molecule has 0 aromatic carbocycles. The monoisotopic (exact) mass is 302 g/mol. The van der Waals surface area contributed by atoms with Gasteiger partial charge in [0.15, 0.2) is 0 Å². The first-order valence-electron chi connectivity index (χ1n) is 8.00. The topological polar surface area (TPSA) is 41.1 Å². The molecule has 2 atom stereocenters. The highest BCUT2D eigenvalue weighted by atomic mass is 35.5. The van der Waals surface area contributed by atoms with Gasteiger partial charge in [0.1, 0.15) is 0 Å². The van der Waals surface area contributed by atoms with Gasteiger partial charge in [-0.05, 0) is 50.5 Å². The van der Waals surface area contributed by atoms with Crippen molar-refractivity contribution < 1.29 is 4.79 Å². The molecule has 2 rings (SSSR count). The lowest BCUT2D eigenvalue weighted by molar-refractivity contribution is -0.126. The van der Waals surface area contributed by atoms with Gasteiger partial charge in [-0.25, -0.2) is 0 Å². The Morgan fingerprint density at radius 2 is 1.90 bits per heavy atom. The molecule has 0 aromatic heterocycles. The standard InChI is InChI=1S/C16H30N2O.ClH/c1-12-10-13(8-9-17-12)15(19)18-11-16(2,3)14-6-4-5-7-14;/h12-14,17H,4-11H2,1-3H3,(H,18,19);1H/t12-,13-;/m0./s1. The van der Waals surface area contributed by atoms with Crippen molar-refractivity contribution in [2.75, 3.05) is 13.1 Å². The van der Waals surface area contributed by atoms with Gasteiger partial charge in [0.2, 0.25) is 5.91 Å². The van der Waals surface area contributed by atoms with Crippen LogP contribution in [-0.2, 0) is 4.79 Å². The van der Waals surface area contributed by atoms with E-state index in [0.717, 1.165) is 31.8 Å². The van der Waals surface area contributed by atoms with Crippen LogP contribution in [0, 0.1) is 17.3 Å². The molecule has 1 amide bonds. The summed E-state index contributed by atoms with van der Waals surface area (Å²) in [7, 11) is 0. The van der Waals surface area contributed by atoms with Gasteiger partial charge in [0.05, 0.1) is 0 Å². The molecule has 1 aliphatic heterocycles. The Bertz CT molecular complexity index is 314. The van der Waals surface area contributed by atoms with E-state index in [2.05, 4.69) is 31.4 Å². The van der Waals surface area contributed by atoms with Crippen LogP contribution in [0.4, 0.5) is 0 Å². The fourth-order valence-electron chi connectivity index (χ4n) is 3.68. The number of rotatable bonds is 4. The maximum atomic E-state index is 12.3. The second kappa shape index (κ2) is 7.65. The van der Waals surface area contributed by atoms with Crippen LogP contribution < -0.4 is 10.6 Å². The van der Waals surface area contributed by atoms with Crippen LogP contribution in [-0.4, -0.2) is 25.0 Å². The molecule has 1 saturated heterocycles. The minimum Gasteiger partial charge on any atom is -0.355 e. The number of halogens is 1. The summed E-state index contributed by atoms with van der Waals surface area (Å²) in [6.45, 7) is 8.62. The van der Waals surface area contributed by atoms with Crippen molar-refractivity contribution in [2.24, 2.45) is 17.3 Å². The smallest absolute Gasteiger partial charge is 0.223 e. The van der Waals surface area contributed by atoms with E-state index in [1.165, 1.54) is 25.7 Å². The molecule has 1 aliphatic carbocycles. The van der Waals surface area contributed by atoms with Crippen molar-refractivity contribution >= 4 is 18.3 Å². The first-order chi connectivity index (χ1) is 8.99. The SMILES string of the molecule is C[C@H]1C[C@@H](C(=O)NCC(C)(C)C2CCCC2)CCN1.Cl. The van der Waals surface area contributed by atoms with Crippen LogP contribution >= 0.6 is 12.4 Å². The third kappa shape index (κ3) is 4.63. The molecule has 0 spiro atoms. The third-order valence-electron chi connectivity index (χ3n) is 5.17. The molecule has 118 valence electrons. The predicted molar refractivity (Wildman–Crippen MR) is 86.2 cm³/mol. The zero-order chi connectivity index (χ0) is 13.9. The van der Waals surface area contributed by atoms with Crippen molar-refractivity contribution in [1.82, 2.24) is 10.6 Å². The van der Waals surface area contributed by atoms with Crippen LogP contribution in [0.1, 0.15) is 59.3 Å². The fraction of sp³-hybridized carbons (Fsp3) is 0.938. The highest BCUT2D eigenvalue weighted by Gasteiger charge is 2.33. The molecule has 0 aromatic rings. The minimum atomic E-state index is 0. The molecule has 2 N–H and O–H groups in total. The van der Waals surface area contributed by atoms with Crippen LogP contribution in [0.25, 0.3) is 0 Å². The Kier molecular flexibility index (Phi) is 6.80. The molecule has 0 radical (unpaired) electrons. The van der Waals surface area contributed by atoms with E-state index in [4.69, 9.17) is 0 Å². The van der Waals surface area contributed by atoms with Crippen molar-refractivity contribution in [2.45, 2.75) is 65.3 Å². The molecule has 4 heteroatoms. The van der Waals surface area contributed by atoms with Gasteiger partial charge in [-0.2, -0.15) is 0 Å². The summed E-state index contributed by atoms with van der Waals surface area (Å²) in [5.74, 6) is 1.29. The van der Waals surface area contributed by atoms with Crippen molar-refractivity contribution in [3.05, 3.63) is 0 Å². The lowest BCUT2D eigenvalue weighted by Crippen LogP contribution is -2.45. The van der Waals surface area contributed by atoms with Gasteiger partial charge in [-0.15, -0.1) is 12.4 Å². The lowest BCUT2D eigenvalue weighted by atomic mass is 9.77. The number of hydrogen-bond acceptors (Lipinski definition) is 2. The first kappa shape index (κ1) is 17.8. The van der Waals surface area contributed by atoms with Gasteiger partial charge >= 0.3 is 0 Å². The average Bonchev–Trinajstić information content (AvgIpc) is 2.90. The maximum absolute atomic E-state index is 12.3. The summed E-state index contributed by atoms with van der Waals surface area (Å²) in [5, 5.41) is 6.63. The quantitative estimate of drug-likeness (QED) is 0.838. The van der Waals surface area contributed by atoms with E-state index in [1.54, 1.807) is 0 Å². The van der Waals surface area contributed by atoms with Crippen LogP contribution in [0.3, 0.4) is 0 Å². The normalized spacial score (nSPS) is 27.9. The zero-order valence-corrected chi connectivity index (χ0v) is 14.0. The van der Waals surface area contributed by atoms with E-state index in [0.29, 0.717) is 6.04 Å². The van der Waals surface area contributed by atoms with Crippen LogP contribution in [0.2, 0.25) is 0 Å². The van der Waals surface area contributed by atoms with Gasteiger partial charge < -0.3 is 10.6 Å². The molecule has 20 heavy (non-hydrogen) atoms. The predicted octanol–water partition coefficient (Wildman–Crippen LogP) is 3.13. The molecular formula is C16H31ClN2O. The molecule has 0 bridgehead atoms. The molecule has 1 heterocycles. The summed E-state index contributed by atoms with van der Waals surface area (Å²) in [5.41, 5.74) is 0.255. The number of hydrogen-bond donors (Lipinski definition) is 2. The van der Waals surface area contributed by atoms with Gasteiger partial charge in [-0.3, -0.25) is 4.79 Å². The van der Waals surface area contributed by atoms with E-state index in [9.17, 15) is 4.79 Å². The van der Waals surface area contributed by atoms with E-state index in [1.807, 2.05) is 0 Å². The van der Waals surface area contributed by atoms with Crippen molar-refractivity contribution in [1.29, 1.82) is 0 Å². The highest BCUT2D eigenvalue weighted by Crippen LogP contribution is 2.39. The lowest BCUT2D eigenvalue weighted by Gasteiger charge is -2.33. The molecule has 0 unspecified atom stereocenters. The number of amides is 1. The van der Waals surface area contributed by atoms with Gasteiger partial charge in [0.25, 0.3) is 0 Å². The maximum Gasteiger partial charge on any atom is 0.223 e. The number of nitrogens with one attached hydrogen (secondary N) is 2. The molecule has 1 saturated carbocycles. The first-order valence-corrected chi connectivity index (χ1v) is 8.00. The number of piperidine rings is 1. The summed E-state index contributed by atoms with van der Waals surface area (Å²) in [6.07, 6.45) is 7.39. The van der Waals surface area contributed by atoms with E-state index in [-0.39, 0.29) is 29.6 Å². The molecule has 2 fully saturated rings. The van der Waals surface area contributed by atoms with Crippen molar-refractivity contribution in [3.8, 4) is 0 Å². The fourth-order valence-corrected chi connectivity index (χ4v) is 3.68. The Morgan fingerprint density at radius 3 is 2.50 bits per heavy atom. The molecular weight excluding hydrogens is 272 g/mol. The Hall–Kier alpha value is -0.280. The minimum absolute atomic E-state index is 0. The largest absolute Gasteiger partial charge is 0.355 e. The summed E-state index contributed by atoms with van der Waals surface area (Å²) in [4.78, 5) is 12.3. The Balaban J connectivity index is 0.00000200. The average molecular weight is 303 g/mol. The summed E-state index contributed by atoms with van der Waals surface area (Å²) < 4.78 is 0. The van der Waals surface area contributed by atoms with E-state index >= 15 is 0 Å². The van der Waals surface area contributed by atoms with Gasteiger partial charge in [0, 0.05) is 18.5 Å². The third-order valence-corrected chi connectivity index (χ3v) is 5.17. The van der Waals surface area contributed by atoms with E-state index < -0.39 is 0 Å². The second-order valence-electron chi connectivity index (χ2n) is 7.26. The summed E-state index contributed by atoms with van der Waals surface area (Å²) in [6, 6.07) is 0.479. The van der Waals surface area contributed by atoms with Crippen LogP contribution in [0.15, 0.2) is 0 Å². The van der Waals surface area contributed by atoms with Gasteiger partial charge in [-0.1, -0.05) is 26.7 Å². The zero-order valence-electron chi connectivity index (χ0n) is 13.2. The Labute approximate surface area is 130 Å². The number of carbonyl (C=O) groups excluding carboxylic acids is 1. The van der Waals surface area contributed by atoms with Crippen LogP contribution in [0.5, 0.6) is 0 Å². The molecule has 3 nitrogen and oxygen atoms in total. The number of carbonyl (C=O) groups is 1.